The normalized spacial score (nSPS) is 13.0. The molecule has 0 bridgehead atoms. The molecule has 1 aliphatic heterocycles. The molecule has 118 valence electrons. The molecule has 1 amide bonds. The summed E-state index contributed by atoms with van der Waals surface area (Å²) in [5.41, 5.74) is 3.69. The van der Waals surface area contributed by atoms with E-state index in [0.717, 1.165) is 16.0 Å². The predicted molar refractivity (Wildman–Crippen MR) is 96.1 cm³/mol. The largest absolute Gasteiger partial charge is 0.494 e. The van der Waals surface area contributed by atoms with Crippen LogP contribution in [-0.4, -0.2) is 28.0 Å². The maximum absolute atomic E-state index is 12.5. The predicted octanol–water partition coefficient (Wildman–Crippen LogP) is 4.10. The number of carbonyl (C=O) groups excluding carboxylic acids is 1. The second-order valence-corrected chi connectivity index (χ2v) is 6.34. The number of carbonyl (C=O) groups is 1. The Kier molecular flexibility index (Phi) is 3.50. The van der Waals surface area contributed by atoms with E-state index in [1.54, 1.807) is 11.8 Å². The van der Waals surface area contributed by atoms with E-state index >= 15 is 0 Å². The highest BCUT2D eigenvalue weighted by Gasteiger charge is 2.33. The number of hydrogen-bond acceptors (Lipinski definition) is 3. The number of amides is 1. The van der Waals surface area contributed by atoms with E-state index in [4.69, 9.17) is 0 Å². The van der Waals surface area contributed by atoms with E-state index in [1.165, 1.54) is 0 Å². The molecule has 0 saturated carbocycles. The summed E-state index contributed by atoms with van der Waals surface area (Å²) in [6.07, 6.45) is 2.01. The minimum atomic E-state index is -0.329. The van der Waals surface area contributed by atoms with Crippen LogP contribution in [0.2, 0.25) is 0 Å². The minimum absolute atomic E-state index is 0.0256. The highest BCUT2D eigenvalue weighted by Crippen LogP contribution is 2.37. The Hall–Kier alpha value is -2.79. The molecule has 4 nitrogen and oxygen atoms in total. The zero-order chi connectivity index (χ0) is 16.7. The lowest BCUT2D eigenvalue weighted by molar-refractivity contribution is 0.101. The van der Waals surface area contributed by atoms with Crippen molar-refractivity contribution in [3.8, 4) is 17.1 Å². The Morgan fingerprint density at radius 1 is 0.958 bits per heavy atom. The molecule has 3 aromatic rings. The van der Waals surface area contributed by atoms with Crippen LogP contribution in [0.25, 0.3) is 11.3 Å². The number of nitrogens with one attached hydrogen (secondary N) is 1. The van der Waals surface area contributed by atoms with E-state index in [9.17, 15) is 9.90 Å². The van der Waals surface area contributed by atoms with Gasteiger partial charge in [0, 0.05) is 10.5 Å². The number of aromatic hydroxyl groups is 1. The molecular weight excluding hydrogens is 320 g/mol. The number of benzene rings is 2. The zero-order valence-corrected chi connectivity index (χ0v) is 13.7. The Morgan fingerprint density at radius 2 is 1.67 bits per heavy atom. The van der Waals surface area contributed by atoms with Gasteiger partial charge in [-0.15, -0.1) is 11.8 Å². The smallest absolute Gasteiger partial charge is 0.280 e. The van der Waals surface area contributed by atoms with Crippen LogP contribution in [0.5, 0.6) is 5.88 Å². The van der Waals surface area contributed by atoms with Gasteiger partial charge in [0.05, 0.1) is 22.5 Å². The number of aromatic nitrogens is 1. The number of aliphatic imine (C=N–C) groups is 1. The summed E-state index contributed by atoms with van der Waals surface area (Å²) in [5.74, 6) is -0.355. The molecule has 0 radical (unpaired) electrons. The van der Waals surface area contributed by atoms with Crippen LogP contribution >= 0.6 is 11.8 Å². The molecule has 0 aliphatic carbocycles. The summed E-state index contributed by atoms with van der Waals surface area (Å²) in [7, 11) is 0. The van der Waals surface area contributed by atoms with Crippen molar-refractivity contribution < 1.29 is 9.90 Å². The number of nitrogens with zero attached hydrogens (tertiary/aromatic N) is 1. The molecule has 0 spiro atoms. The second-order valence-electron chi connectivity index (χ2n) is 5.46. The molecule has 2 aromatic carbocycles. The van der Waals surface area contributed by atoms with Crippen molar-refractivity contribution in [2.75, 3.05) is 6.26 Å². The number of aromatic amines is 1. The second kappa shape index (κ2) is 5.69. The van der Waals surface area contributed by atoms with Gasteiger partial charge in [-0.05, 0) is 24.0 Å². The molecule has 24 heavy (non-hydrogen) atoms. The third-order valence-corrected chi connectivity index (χ3v) is 4.81. The van der Waals surface area contributed by atoms with Crippen molar-refractivity contribution >= 4 is 23.4 Å². The van der Waals surface area contributed by atoms with E-state index in [-0.39, 0.29) is 11.8 Å². The molecule has 0 fully saturated rings. The van der Waals surface area contributed by atoms with Crippen LogP contribution < -0.4 is 0 Å². The van der Waals surface area contributed by atoms with Crippen LogP contribution in [0.3, 0.4) is 0 Å². The first-order valence-electron chi connectivity index (χ1n) is 7.47. The van der Waals surface area contributed by atoms with Gasteiger partial charge in [0.25, 0.3) is 5.91 Å². The number of H-pyrrole nitrogens is 1. The molecule has 5 heteroatoms. The van der Waals surface area contributed by atoms with Crippen LogP contribution in [0.1, 0.15) is 21.5 Å². The highest BCUT2D eigenvalue weighted by atomic mass is 32.2. The average Bonchev–Trinajstić information content (AvgIpc) is 3.15. The van der Waals surface area contributed by atoms with Gasteiger partial charge in [-0.3, -0.25) is 4.79 Å². The molecular formula is C19H14N2O2S. The van der Waals surface area contributed by atoms with E-state index < -0.39 is 0 Å². The molecule has 4 rings (SSSR count). The topological polar surface area (TPSA) is 65.5 Å². The molecule has 0 saturated heterocycles. The molecule has 0 atom stereocenters. The summed E-state index contributed by atoms with van der Waals surface area (Å²) in [4.78, 5) is 20.7. The highest BCUT2D eigenvalue weighted by molar-refractivity contribution is 7.98. The summed E-state index contributed by atoms with van der Waals surface area (Å²) in [6, 6.07) is 17.3. The molecule has 2 heterocycles. The zero-order valence-electron chi connectivity index (χ0n) is 12.9. The third kappa shape index (κ3) is 2.25. The van der Waals surface area contributed by atoms with Crippen LogP contribution in [0.4, 0.5) is 0 Å². The fourth-order valence-electron chi connectivity index (χ4n) is 2.92. The van der Waals surface area contributed by atoms with Crippen molar-refractivity contribution in [2.24, 2.45) is 4.99 Å². The lowest BCUT2D eigenvalue weighted by Gasteiger charge is -2.02. The van der Waals surface area contributed by atoms with Crippen molar-refractivity contribution in [3.05, 3.63) is 71.3 Å². The minimum Gasteiger partial charge on any atom is -0.494 e. The molecule has 2 N–H and O–H groups in total. The molecule has 1 aliphatic rings. The Bertz CT molecular complexity index is 957. The molecule has 0 unspecified atom stereocenters. The first kappa shape index (κ1) is 14.8. The molecule has 1 aromatic heterocycles. The fourth-order valence-corrected chi connectivity index (χ4v) is 3.33. The Morgan fingerprint density at radius 3 is 2.33 bits per heavy atom. The summed E-state index contributed by atoms with van der Waals surface area (Å²) in [6.45, 7) is 0. The SMILES string of the molecule is CSc1ccc(C2=NC(=O)c3c(-c4ccccc4)[nH]c(O)c32)cc1. The van der Waals surface area contributed by atoms with Crippen molar-refractivity contribution in [1.29, 1.82) is 0 Å². The lowest BCUT2D eigenvalue weighted by atomic mass is 10.0. The first-order chi connectivity index (χ1) is 11.7. The van der Waals surface area contributed by atoms with Crippen LogP contribution in [0.15, 0.2) is 64.5 Å². The van der Waals surface area contributed by atoms with Gasteiger partial charge in [0.2, 0.25) is 0 Å². The van der Waals surface area contributed by atoms with Crippen LogP contribution in [0, 0.1) is 0 Å². The maximum Gasteiger partial charge on any atom is 0.280 e. The standard InChI is InChI=1S/C19H14N2O2S/c1-24-13-9-7-12(8-10-13)17-15-14(18(22)21-17)16(20-19(15)23)11-5-3-2-4-6-11/h2-10,20,23H,1H3. The van der Waals surface area contributed by atoms with Crippen molar-refractivity contribution in [2.45, 2.75) is 4.90 Å². The fraction of sp³-hybridized carbons (Fsp3) is 0.0526. The summed E-state index contributed by atoms with van der Waals surface area (Å²) in [5, 5.41) is 10.4. The van der Waals surface area contributed by atoms with Gasteiger partial charge >= 0.3 is 0 Å². The number of hydrogen-bond donors (Lipinski definition) is 2. The lowest BCUT2D eigenvalue weighted by Crippen LogP contribution is -1.99. The van der Waals surface area contributed by atoms with Crippen molar-refractivity contribution in [3.63, 3.8) is 0 Å². The average molecular weight is 334 g/mol. The first-order valence-corrected chi connectivity index (χ1v) is 8.69. The quantitative estimate of drug-likeness (QED) is 0.709. The van der Waals surface area contributed by atoms with Gasteiger partial charge in [0.15, 0.2) is 5.88 Å². The van der Waals surface area contributed by atoms with E-state index in [2.05, 4.69) is 9.98 Å². The van der Waals surface area contributed by atoms with Gasteiger partial charge < -0.3 is 10.1 Å². The Labute approximate surface area is 143 Å². The maximum atomic E-state index is 12.5. The van der Waals surface area contributed by atoms with Gasteiger partial charge in [-0.25, -0.2) is 4.99 Å². The van der Waals surface area contributed by atoms with E-state index in [0.29, 0.717) is 22.5 Å². The van der Waals surface area contributed by atoms with Crippen LogP contribution in [-0.2, 0) is 0 Å². The number of thioether (sulfide) groups is 1. The van der Waals surface area contributed by atoms with Crippen molar-refractivity contribution in [1.82, 2.24) is 4.98 Å². The van der Waals surface area contributed by atoms with Gasteiger partial charge in [-0.1, -0.05) is 42.5 Å². The third-order valence-electron chi connectivity index (χ3n) is 4.07. The summed E-state index contributed by atoms with van der Waals surface area (Å²) >= 11 is 1.65. The Balaban J connectivity index is 1.85. The summed E-state index contributed by atoms with van der Waals surface area (Å²) < 4.78 is 0. The number of fused-ring (bicyclic) bond motifs is 1. The van der Waals surface area contributed by atoms with Gasteiger partial charge in [-0.2, -0.15) is 0 Å². The monoisotopic (exact) mass is 334 g/mol. The van der Waals surface area contributed by atoms with E-state index in [1.807, 2.05) is 60.9 Å². The van der Waals surface area contributed by atoms with Gasteiger partial charge in [0.1, 0.15) is 0 Å². The number of rotatable bonds is 3.